The molecule has 2 heterocycles. The number of benzene rings is 2. The van der Waals surface area contributed by atoms with Gasteiger partial charge in [0.2, 0.25) is 11.8 Å². The van der Waals surface area contributed by atoms with Crippen LogP contribution in [-0.4, -0.2) is 46.7 Å². The van der Waals surface area contributed by atoms with Crippen LogP contribution in [-0.2, 0) is 9.53 Å². The smallest absolute Gasteiger partial charge is 0.328 e. The van der Waals surface area contributed by atoms with E-state index in [1.165, 1.54) is 7.11 Å². The Balaban J connectivity index is 1.52. The number of carbonyl (C=O) groups excluding carboxylic acids is 2. The van der Waals surface area contributed by atoms with Gasteiger partial charge in [-0.2, -0.15) is 0 Å². The van der Waals surface area contributed by atoms with E-state index in [-0.39, 0.29) is 11.9 Å². The van der Waals surface area contributed by atoms with Gasteiger partial charge < -0.3 is 14.1 Å². The van der Waals surface area contributed by atoms with E-state index >= 15 is 0 Å². The zero-order chi connectivity index (χ0) is 21.1. The zero-order valence-corrected chi connectivity index (χ0v) is 17.0. The lowest BCUT2D eigenvalue weighted by molar-refractivity contribution is -0.147. The Bertz CT molecular complexity index is 1040. The quantitative estimate of drug-likeness (QED) is 0.613. The first kappa shape index (κ1) is 19.8. The molecule has 7 nitrogen and oxygen atoms in total. The van der Waals surface area contributed by atoms with Gasteiger partial charge in [0.25, 0.3) is 5.91 Å². The molecule has 0 saturated carbocycles. The van der Waals surface area contributed by atoms with Crippen molar-refractivity contribution in [2.45, 2.75) is 32.2 Å². The van der Waals surface area contributed by atoms with Crippen LogP contribution in [0.1, 0.15) is 35.2 Å². The normalized spacial score (nSPS) is 16.3. The Kier molecular flexibility index (Phi) is 5.61. The molecule has 0 radical (unpaired) electrons. The van der Waals surface area contributed by atoms with Gasteiger partial charge in [-0.1, -0.05) is 17.7 Å². The van der Waals surface area contributed by atoms with Crippen molar-refractivity contribution in [2.75, 3.05) is 13.7 Å². The molecule has 1 amide bonds. The summed E-state index contributed by atoms with van der Waals surface area (Å²) in [4.78, 5) is 26.6. The number of piperidine rings is 1. The lowest BCUT2D eigenvalue weighted by atomic mass is 10.0. The van der Waals surface area contributed by atoms with Crippen LogP contribution in [0.5, 0.6) is 0 Å². The van der Waals surface area contributed by atoms with E-state index in [9.17, 15) is 9.59 Å². The Labute approximate surface area is 174 Å². The van der Waals surface area contributed by atoms with Crippen LogP contribution in [0.25, 0.3) is 22.9 Å². The van der Waals surface area contributed by atoms with Gasteiger partial charge in [0.1, 0.15) is 6.04 Å². The molecule has 1 fully saturated rings. The average molecular weight is 405 g/mol. The molecular weight excluding hydrogens is 382 g/mol. The van der Waals surface area contributed by atoms with Gasteiger partial charge in [-0.15, -0.1) is 10.2 Å². The number of hydrogen-bond donors (Lipinski definition) is 0. The van der Waals surface area contributed by atoms with Gasteiger partial charge in [0, 0.05) is 23.2 Å². The Morgan fingerprint density at radius 2 is 1.57 bits per heavy atom. The number of ether oxygens (including phenoxy) is 1. The lowest BCUT2D eigenvalue weighted by Crippen LogP contribution is -2.48. The minimum Gasteiger partial charge on any atom is -0.467 e. The van der Waals surface area contributed by atoms with Crippen LogP contribution < -0.4 is 0 Å². The first-order valence-corrected chi connectivity index (χ1v) is 9.96. The van der Waals surface area contributed by atoms with Gasteiger partial charge in [-0.05, 0) is 62.6 Å². The van der Waals surface area contributed by atoms with Gasteiger partial charge in [-0.3, -0.25) is 4.79 Å². The first-order valence-electron chi connectivity index (χ1n) is 9.96. The molecule has 2 aromatic carbocycles. The topological polar surface area (TPSA) is 85.5 Å². The highest BCUT2D eigenvalue weighted by molar-refractivity contribution is 5.97. The second-order valence-corrected chi connectivity index (χ2v) is 7.39. The number of amides is 1. The van der Waals surface area contributed by atoms with Crippen LogP contribution >= 0.6 is 0 Å². The van der Waals surface area contributed by atoms with Crippen LogP contribution in [0.3, 0.4) is 0 Å². The molecule has 0 spiro atoms. The number of carbonyl (C=O) groups is 2. The molecule has 0 N–H and O–H groups in total. The number of methoxy groups -OCH3 is 1. The predicted octanol–water partition coefficient (Wildman–Crippen LogP) is 3.88. The fourth-order valence-corrected chi connectivity index (χ4v) is 3.63. The van der Waals surface area contributed by atoms with Crippen molar-refractivity contribution in [1.29, 1.82) is 0 Å². The summed E-state index contributed by atoms with van der Waals surface area (Å²) in [5.41, 5.74) is 3.24. The van der Waals surface area contributed by atoms with E-state index in [1.807, 2.05) is 31.2 Å². The highest BCUT2D eigenvalue weighted by Gasteiger charge is 2.33. The van der Waals surface area contributed by atoms with Crippen molar-refractivity contribution < 1.29 is 18.7 Å². The number of esters is 1. The fourth-order valence-electron chi connectivity index (χ4n) is 3.63. The van der Waals surface area contributed by atoms with E-state index < -0.39 is 6.04 Å². The summed E-state index contributed by atoms with van der Waals surface area (Å²) in [6.07, 6.45) is 2.41. The second kappa shape index (κ2) is 8.49. The van der Waals surface area contributed by atoms with Crippen molar-refractivity contribution in [3.05, 3.63) is 59.7 Å². The van der Waals surface area contributed by atoms with E-state index in [2.05, 4.69) is 10.2 Å². The fraction of sp³-hybridized carbons (Fsp3) is 0.304. The van der Waals surface area contributed by atoms with Crippen LogP contribution in [0.4, 0.5) is 0 Å². The molecule has 1 unspecified atom stereocenters. The molecule has 1 aromatic heterocycles. The Morgan fingerprint density at radius 1 is 0.967 bits per heavy atom. The molecule has 1 aliphatic rings. The summed E-state index contributed by atoms with van der Waals surface area (Å²) < 4.78 is 10.7. The molecule has 4 rings (SSSR count). The monoisotopic (exact) mass is 405 g/mol. The number of aryl methyl sites for hydroxylation is 1. The van der Waals surface area contributed by atoms with Crippen molar-refractivity contribution in [2.24, 2.45) is 0 Å². The Hall–Kier alpha value is -3.48. The summed E-state index contributed by atoms with van der Waals surface area (Å²) >= 11 is 0. The predicted molar refractivity (Wildman–Crippen MR) is 111 cm³/mol. The third kappa shape index (κ3) is 3.96. The number of hydrogen-bond acceptors (Lipinski definition) is 6. The van der Waals surface area contributed by atoms with Crippen LogP contribution in [0.2, 0.25) is 0 Å². The Morgan fingerprint density at radius 3 is 2.17 bits per heavy atom. The highest BCUT2D eigenvalue weighted by Crippen LogP contribution is 2.26. The van der Waals surface area contributed by atoms with Crippen molar-refractivity contribution in [3.8, 4) is 22.9 Å². The van der Waals surface area contributed by atoms with E-state index in [0.717, 1.165) is 29.5 Å². The van der Waals surface area contributed by atoms with Crippen molar-refractivity contribution in [1.82, 2.24) is 15.1 Å². The van der Waals surface area contributed by atoms with Gasteiger partial charge in [-0.25, -0.2) is 4.79 Å². The number of nitrogens with zero attached hydrogens (tertiary/aromatic N) is 3. The maximum Gasteiger partial charge on any atom is 0.328 e. The molecule has 0 bridgehead atoms. The van der Waals surface area contributed by atoms with Gasteiger partial charge in [0.05, 0.1) is 7.11 Å². The van der Waals surface area contributed by atoms with E-state index in [0.29, 0.717) is 30.3 Å². The van der Waals surface area contributed by atoms with E-state index in [4.69, 9.17) is 9.15 Å². The zero-order valence-electron chi connectivity index (χ0n) is 17.0. The molecule has 154 valence electrons. The van der Waals surface area contributed by atoms with Crippen LogP contribution in [0, 0.1) is 6.92 Å². The molecule has 1 atom stereocenters. The third-order valence-electron chi connectivity index (χ3n) is 5.34. The molecule has 1 aliphatic heterocycles. The first-order chi connectivity index (χ1) is 14.6. The average Bonchev–Trinajstić information content (AvgIpc) is 3.29. The molecule has 0 aliphatic carbocycles. The van der Waals surface area contributed by atoms with Crippen LogP contribution in [0.15, 0.2) is 52.9 Å². The minimum atomic E-state index is -0.524. The highest BCUT2D eigenvalue weighted by atomic mass is 16.5. The summed E-state index contributed by atoms with van der Waals surface area (Å²) in [7, 11) is 1.35. The maximum atomic E-state index is 13.0. The van der Waals surface area contributed by atoms with Crippen molar-refractivity contribution >= 4 is 11.9 Å². The number of rotatable bonds is 4. The standard InChI is InChI=1S/C23H23N3O4/c1-15-6-8-16(9-7-15)20-24-25-21(30-20)17-10-12-18(13-11-17)22(27)26-14-4-3-5-19(26)23(28)29-2/h6-13,19H,3-5,14H2,1-2H3. The lowest BCUT2D eigenvalue weighted by Gasteiger charge is -2.33. The SMILES string of the molecule is COC(=O)C1CCCCN1C(=O)c1ccc(-c2nnc(-c3ccc(C)cc3)o2)cc1. The minimum absolute atomic E-state index is 0.178. The number of likely N-dealkylation sites (tertiary alicyclic amines) is 1. The summed E-state index contributed by atoms with van der Waals surface area (Å²) in [6, 6.07) is 14.3. The van der Waals surface area contributed by atoms with Crippen molar-refractivity contribution in [3.63, 3.8) is 0 Å². The molecular formula is C23H23N3O4. The van der Waals surface area contributed by atoms with E-state index in [1.54, 1.807) is 29.2 Å². The number of aromatic nitrogens is 2. The van der Waals surface area contributed by atoms with Gasteiger partial charge in [0.15, 0.2) is 0 Å². The third-order valence-corrected chi connectivity index (χ3v) is 5.34. The largest absolute Gasteiger partial charge is 0.467 e. The summed E-state index contributed by atoms with van der Waals surface area (Å²) in [5.74, 6) is 0.283. The molecule has 1 saturated heterocycles. The summed E-state index contributed by atoms with van der Waals surface area (Å²) in [6.45, 7) is 2.56. The maximum absolute atomic E-state index is 13.0. The van der Waals surface area contributed by atoms with Gasteiger partial charge >= 0.3 is 5.97 Å². The molecule has 3 aromatic rings. The molecule has 30 heavy (non-hydrogen) atoms. The second-order valence-electron chi connectivity index (χ2n) is 7.39. The molecule has 7 heteroatoms. The summed E-state index contributed by atoms with van der Waals surface area (Å²) in [5, 5.41) is 8.24.